The van der Waals surface area contributed by atoms with Crippen LogP contribution in [0.4, 0.5) is 0 Å². The van der Waals surface area contributed by atoms with Crippen molar-refractivity contribution in [3.63, 3.8) is 0 Å². The second kappa shape index (κ2) is 7.40. The van der Waals surface area contributed by atoms with Crippen LogP contribution >= 0.6 is 24.0 Å². The number of rotatable bonds is 7. The van der Waals surface area contributed by atoms with E-state index >= 15 is 0 Å². The maximum absolute atomic E-state index is 12.5. The summed E-state index contributed by atoms with van der Waals surface area (Å²) in [6.07, 6.45) is 2.75. The molecule has 1 atom stereocenters. The Labute approximate surface area is 130 Å². The molecule has 4 nitrogen and oxygen atoms in total. The lowest BCUT2D eigenvalue weighted by molar-refractivity contribution is 0.385. The molecule has 0 saturated carbocycles. The number of hydrogen-bond donors (Lipinski definition) is 1. The Balaban J connectivity index is 3.06. The van der Waals surface area contributed by atoms with Crippen LogP contribution < -0.4 is 5.73 Å². The summed E-state index contributed by atoms with van der Waals surface area (Å²) in [6, 6.07) is 6.36. The highest BCUT2D eigenvalue weighted by molar-refractivity contribution is 7.98. The van der Waals surface area contributed by atoms with Crippen molar-refractivity contribution in [3.8, 4) is 0 Å². The zero-order valence-electron chi connectivity index (χ0n) is 11.9. The van der Waals surface area contributed by atoms with E-state index in [1.807, 2.05) is 13.2 Å². The summed E-state index contributed by atoms with van der Waals surface area (Å²) in [5.41, 5.74) is 6.18. The average Bonchev–Trinajstić information content (AvgIpc) is 2.44. The number of thioether (sulfide) groups is 1. The molecule has 1 aromatic carbocycles. The quantitative estimate of drug-likeness (QED) is 0.775. The molecule has 0 amide bonds. The van der Waals surface area contributed by atoms with Gasteiger partial charge in [0.2, 0.25) is 10.0 Å². The lowest BCUT2D eigenvalue weighted by Crippen LogP contribution is -2.38. The maximum Gasteiger partial charge on any atom is 0.243 e. The highest BCUT2D eigenvalue weighted by Gasteiger charge is 2.26. The van der Waals surface area contributed by atoms with Gasteiger partial charge in [0.05, 0.1) is 4.90 Å². The molecule has 0 fully saturated rings. The molecule has 1 unspecified atom stereocenters. The van der Waals surface area contributed by atoms with Crippen LogP contribution in [0, 0.1) is 0 Å². The van der Waals surface area contributed by atoms with Gasteiger partial charge in [0.25, 0.3) is 0 Å². The Morgan fingerprint density at radius 2 is 1.95 bits per heavy atom. The number of benzene rings is 1. The summed E-state index contributed by atoms with van der Waals surface area (Å²) in [6.45, 7) is 1.99. The highest BCUT2D eigenvalue weighted by atomic mass is 32.2. The fourth-order valence-corrected chi connectivity index (χ4v) is 4.33. The van der Waals surface area contributed by atoms with Gasteiger partial charge in [-0.25, -0.2) is 8.42 Å². The molecule has 0 aliphatic heterocycles. The molecule has 0 saturated heterocycles. The Kier molecular flexibility index (Phi) is 6.44. The molecule has 20 heavy (non-hydrogen) atoms. The van der Waals surface area contributed by atoms with E-state index in [2.05, 4.69) is 0 Å². The number of hydrogen-bond acceptors (Lipinski definition) is 4. The standard InChI is InChI=1S/C13H20N2O2S3/c1-4-11(9-19-3)15(2)20(16,17)12-7-5-10(6-8-12)13(14)18/h5-8,11H,4,9H2,1-3H3,(H2,14,18). The summed E-state index contributed by atoms with van der Waals surface area (Å²) in [7, 11) is -1.85. The molecule has 0 aliphatic carbocycles. The molecule has 0 aromatic heterocycles. The van der Waals surface area contributed by atoms with Crippen molar-refractivity contribution >= 4 is 39.0 Å². The first-order valence-electron chi connectivity index (χ1n) is 6.21. The third kappa shape index (κ3) is 3.94. The van der Waals surface area contributed by atoms with Crippen molar-refractivity contribution in [1.29, 1.82) is 0 Å². The van der Waals surface area contributed by atoms with E-state index in [-0.39, 0.29) is 15.9 Å². The minimum Gasteiger partial charge on any atom is -0.389 e. The van der Waals surface area contributed by atoms with Gasteiger partial charge >= 0.3 is 0 Å². The first-order chi connectivity index (χ1) is 9.34. The second-order valence-corrected chi connectivity index (χ2v) is 7.78. The third-order valence-electron chi connectivity index (χ3n) is 3.16. The smallest absolute Gasteiger partial charge is 0.243 e. The van der Waals surface area contributed by atoms with Gasteiger partial charge in [-0.3, -0.25) is 0 Å². The van der Waals surface area contributed by atoms with E-state index in [1.165, 1.54) is 4.31 Å². The summed E-state index contributed by atoms with van der Waals surface area (Å²) in [5, 5.41) is 0. The molecular weight excluding hydrogens is 312 g/mol. The van der Waals surface area contributed by atoms with Crippen LogP contribution in [0.1, 0.15) is 18.9 Å². The summed E-state index contributed by atoms with van der Waals surface area (Å²) < 4.78 is 26.5. The van der Waals surface area contributed by atoms with Gasteiger partial charge in [-0.2, -0.15) is 16.1 Å². The first kappa shape index (κ1) is 17.4. The highest BCUT2D eigenvalue weighted by Crippen LogP contribution is 2.20. The zero-order chi connectivity index (χ0) is 15.3. The minimum absolute atomic E-state index is 0.00902. The van der Waals surface area contributed by atoms with Gasteiger partial charge in [0.15, 0.2) is 0 Å². The lowest BCUT2D eigenvalue weighted by atomic mass is 10.2. The minimum atomic E-state index is -3.48. The van der Waals surface area contributed by atoms with Crippen LogP contribution in [0.25, 0.3) is 0 Å². The molecule has 1 aromatic rings. The Morgan fingerprint density at radius 1 is 1.40 bits per heavy atom. The van der Waals surface area contributed by atoms with Gasteiger partial charge in [-0.15, -0.1) is 0 Å². The molecular formula is C13H20N2O2S3. The van der Waals surface area contributed by atoms with Crippen molar-refractivity contribution < 1.29 is 8.42 Å². The van der Waals surface area contributed by atoms with Crippen LogP contribution in [0.5, 0.6) is 0 Å². The molecule has 0 aliphatic rings. The Morgan fingerprint density at radius 3 is 2.35 bits per heavy atom. The van der Waals surface area contributed by atoms with Crippen LogP contribution in [0.15, 0.2) is 29.2 Å². The van der Waals surface area contributed by atoms with Gasteiger partial charge in [0.1, 0.15) is 4.99 Å². The molecule has 2 N–H and O–H groups in total. The summed E-state index contributed by atoms with van der Waals surface area (Å²) in [5.74, 6) is 0.775. The predicted molar refractivity (Wildman–Crippen MR) is 89.7 cm³/mol. The van der Waals surface area contributed by atoms with E-state index in [1.54, 1.807) is 43.1 Å². The molecule has 0 heterocycles. The van der Waals surface area contributed by atoms with Crippen molar-refractivity contribution in [2.45, 2.75) is 24.3 Å². The van der Waals surface area contributed by atoms with Crippen molar-refractivity contribution in [2.75, 3.05) is 19.1 Å². The summed E-state index contributed by atoms with van der Waals surface area (Å²) in [4.78, 5) is 0.524. The van der Waals surface area contributed by atoms with Gasteiger partial charge < -0.3 is 5.73 Å². The molecule has 112 valence electrons. The predicted octanol–water partition coefficient (Wildman–Crippen LogP) is 2.08. The fraction of sp³-hybridized carbons (Fsp3) is 0.462. The molecule has 0 spiro atoms. The SMILES string of the molecule is CCC(CSC)N(C)S(=O)(=O)c1ccc(C(N)=S)cc1. The van der Waals surface area contributed by atoms with Crippen molar-refractivity contribution in [3.05, 3.63) is 29.8 Å². The van der Waals surface area contributed by atoms with Crippen LogP contribution in [-0.2, 0) is 10.0 Å². The van der Waals surface area contributed by atoms with Crippen molar-refractivity contribution in [2.24, 2.45) is 5.73 Å². The van der Waals surface area contributed by atoms with E-state index in [9.17, 15) is 8.42 Å². The average molecular weight is 333 g/mol. The van der Waals surface area contributed by atoms with Gasteiger partial charge in [-0.1, -0.05) is 31.3 Å². The van der Waals surface area contributed by atoms with E-state index in [0.717, 1.165) is 12.2 Å². The van der Waals surface area contributed by atoms with Crippen LogP contribution in [-0.4, -0.2) is 42.8 Å². The third-order valence-corrected chi connectivity index (χ3v) is 6.04. The number of nitrogens with two attached hydrogens (primary N) is 1. The fourth-order valence-electron chi connectivity index (χ4n) is 1.83. The van der Waals surface area contributed by atoms with E-state index < -0.39 is 10.0 Å². The van der Waals surface area contributed by atoms with E-state index in [0.29, 0.717) is 5.56 Å². The Bertz CT molecular complexity index is 555. The van der Waals surface area contributed by atoms with E-state index in [4.69, 9.17) is 18.0 Å². The molecule has 7 heteroatoms. The molecule has 0 radical (unpaired) electrons. The summed E-state index contributed by atoms with van der Waals surface area (Å²) >= 11 is 6.50. The topological polar surface area (TPSA) is 63.4 Å². The molecule has 0 bridgehead atoms. The molecule has 1 rings (SSSR count). The normalized spacial score (nSPS) is 13.4. The van der Waals surface area contributed by atoms with Crippen molar-refractivity contribution in [1.82, 2.24) is 4.31 Å². The van der Waals surface area contributed by atoms with Gasteiger partial charge in [0, 0.05) is 24.4 Å². The first-order valence-corrected chi connectivity index (χ1v) is 9.45. The number of sulfonamides is 1. The number of nitrogens with zero attached hydrogens (tertiary/aromatic N) is 1. The monoisotopic (exact) mass is 332 g/mol. The lowest BCUT2D eigenvalue weighted by Gasteiger charge is -2.26. The zero-order valence-corrected chi connectivity index (χ0v) is 14.3. The largest absolute Gasteiger partial charge is 0.389 e. The maximum atomic E-state index is 12.5. The van der Waals surface area contributed by atoms with Crippen LogP contribution in [0.2, 0.25) is 0 Å². The number of thiocarbonyl (C=S) groups is 1. The second-order valence-electron chi connectivity index (χ2n) is 4.43. The Hall–Kier alpha value is -0.630. The van der Waals surface area contributed by atoms with Gasteiger partial charge in [-0.05, 0) is 24.8 Å². The van der Waals surface area contributed by atoms with Crippen LogP contribution in [0.3, 0.4) is 0 Å².